The first-order chi connectivity index (χ1) is 21.9. The van der Waals surface area contributed by atoms with Gasteiger partial charge in [-0.05, 0) is 64.6 Å². The Morgan fingerprint density at radius 2 is 1.27 bits per heavy atom. The van der Waals surface area contributed by atoms with Crippen molar-refractivity contribution in [3.05, 3.63) is 145 Å². The Labute approximate surface area is 261 Å². The lowest BCUT2D eigenvalue weighted by Gasteiger charge is -2.26. The topological polar surface area (TPSA) is 31.0 Å². The highest BCUT2D eigenvalue weighted by molar-refractivity contribution is 6.09. The van der Waals surface area contributed by atoms with Crippen molar-refractivity contribution in [2.24, 2.45) is 0 Å². The van der Waals surface area contributed by atoms with E-state index in [9.17, 15) is 4.39 Å². The quantitative estimate of drug-likeness (QED) is 0.205. The van der Waals surface area contributed by atoms with Crippen LogP contribution in [0.4, 0.5) is 4.39 Å². The summed E-state index contributed by atoms with van der Waals surface area (Å²) < 4.78 is 23.0. The molecule has 0 unspecified atom stereocenters. The highest BCUT2D eigenvalue weighted by atomic mass is 19.1. The fourth-order valence-corrected chi connectivity index (χ4v) is 6.37. The molecule has 0 aliphatic rings. The molecule has 45 heavy (non-hydrogen) atoms. The van der Waals surface area contributed by atoms with Crippen LogP contribution in [0.3, 0.4) is 0 Å². The van der Waals surface area contributed by atoms with E-state index in [1.54, 1.807) is 6.07 Å². The normalized spacial score (nSPS) is 12.0. The maximum absolute atomic E-state index is 14.3. The first kappa shape index (κ1) is 27.1. The van der Waals surface area contributed by atoms with Crippen LogP contribution in [0.25, 0.3) is 72.3 Å². The van der Waals surface area contributed by atoms with E-state index in [0.29, 0.717) is 11.2 Å². The number of fused-ring (bicyclic) bond motifs is 4. The zero-order valence-electron chi connectivity index (χ0n) is 25.4. The minimum atomic E-state index is -0.325. The van der Waals surface area contributed by atoms with Crippen molar-refractivity contribution in [2.45, 2.75) is 26.2 Å². The van der Waals surface area contributed by atoms with Crippen molar-refractivity contribution in [1.82, 2.24) is 9.55 Å². The maximum Gasteiger partial charge on any atom is 0.149 e. The average Bonchev–Trinajstić information content (AvgIpc) is 3.62. The third-order valence-corrected chi connectivity index (χ3v) is 8.63. The number of furan rings is 1. The van der Waals surface area contributed by atoms with Gasteiger partial charge in [0.05, 0.1) is 22.3 Å². The van der Waals surface area contributed by atoms with Gasteiger partial charge in [0.25, 0.3) is 0 Å². The summed E-state index contributed by atoms with van der Waals surface area (Å²) in [6.07, 6.45) is 0. The van der Waals surface area contributed by atoms with Gasteiger partial charge in [0.1, 0.15) is 22.8 Å². The maximum atomic E-state index is 14.3. The molecule has 0 spiro atoms. The molecule has 218 valence electrons. The number of hydrogen-bond acceptors (Lipinski definition) is 2. The van der Waals surface area contributed by atoms with Crippen LogP contribution in [-0.2, 0) is 5.41 Å². The summed E-state index contributed by atoms with van der Waals surface area (Å²) in [6, 6.07) is 44.9. The van der Waals surface area contributed by atoms with Gasteiger partial charge in [0.15, 0.2) is 0 Å². The first-order valence-corrected chi connectivity index (χ1v) is 15.3. The summed E-state index contributed by atoms with van der Waals surface area (Å²) in [5.74, 6) is 0.438. The molecular weight excluding hydrogens is 555 g/mol. The lowest BCUT2D eigenvalue weighted by molar-refractivity contribution is 0.590. The molecule has 3 nitrogen and oxygen atoms in total. The van der Waals surface area contributed by atoms with E-state index in [1.165, 1.54) is 17.7 Å². The van der Waals surface area contributed by atoms with Crippen LogP contribution < -0.4 is 0 Å². The van der Waals surface area contributed by atoms with Gasteiger partial charge >= 0.3 is 0 Å². The second kappa shape index (κ2) is 10.3. The van der Waals surface area contributed by atoms with Gasteiger partial charge in [-0.25, -0.2) is 9.37 Å². The molecule has 0 fully saturated rings. The van der Waals surface area contributed by atoms with Gasteiger partial charge in [-0.3, -0.25) is 4.57 Å². The van der Waals surface area contributed by atoms with Crippen LogP contribution in [0.2, 0.25) is 0 Å². The van der Waals surface area contributed by atoms with Crippen LogP contribution in [0.15, 0.2) is 138 Å². The molecule has 0 N–H and O–H groups in total. The number of nitrogens with zero attached hydrogens (tertiary/aromatic N) is 2. The molecule has 0 atom stereocenters. The fourth-order valence-electron chi connectivity index (χ4n) is 6.37. The molecular formula is C41H31FN2O. The molecule has 2 heterocycles. The van der Waals surface area contributed by atoms with Gasteiger partial charge in [0.2, 0.25) is 0 Å². The largest absolute Gasteiger partial charge is 0.455 e. The predicted octanol–water partition coefficient (Wildman–Crippen LogP) is 11.4. The van der Waals surface area contributed by atoms with Gasteiger partial charge in [-0.2, -0.15) is 0 Å². The van der Waals surface area contributed by atoms with Crippen LogP contribution in [0.1, 0.15) is 26.3 Å². The third-order valence-electron chi connectivity index (χ3n) is 8.63. The molecule has 0 aliphatic heterocycles. The van der Waals surface area contributed by atoms with Crippen LogP contribution in [0.5, 0.6) is 0 Å². The van der Waals surface area contributed by atoms with E-state index in [1.807, 2.05) is 24.3 Å². The minimum absolute atomic E-state index is 0.0828. The highest BCUT2D eigenvalue weighted by Crippen LogP contribution is 2.44. The Morgan fingerprint density at radius 1 is 0.622 bits per heavy atom. The molecule has 0 saturated heterocycles. The Morgan fingerprint density at radius 3 is 1.93 bits per heavy atom. The molecule has 8 rings (SSSR count). The molecule has 0 saturated carbocycles. The Hall–Kier alpha value is -5.48. The standard InChI is InChI=1S/C41H31FN2O/c1-41(2,3)28-23-33(26-13-6-4-7-14-26)38(34(24-28)27-15-8-5-9-16-27)44-36-20-11-10-19-35(36)43-40(44)32-18-12-17-31-30-22-21-29(42)25-37(30)45-39(31)32/h4-25H,1-3H3. The molecule has 8 aromatic rings. The molecule has 2 aromatic heterocycles. The molecule has 0 aliphatic carbocycles. The molecule has 0 bridgehead atoms. The Kier molecular flexibility index (Phi) is 6.21. The molecule has 0 radical (unpaired) electrons. The number of benzene rings is 6. The van der Waals surface area contributed by atoms with Crippen LogP contribution in [0, 0.1) is 5.82 Å². The Bertz CT molecular complexity index is 2300. The summed E-state index contributed by atoms with van der Waals surface area (Å²) in [5, 5.41) is 1.80. The van der Waals surface area contributed by atoms with E-state index < -0.39 is 0 Å². The first-order valence-electron chi connectivity index (χ1n) is 15.3. The van der Waals surface area contributed by atoms with E-state index in [-0.39, 0.29) is 11.2 Å². The molecule has 4 heteroatoms. The van der Waals surface area contributed by atoms with Gasteiger partial charge < -0.3 is 4.42 Å². The smallest absolute Gasteiger partial charge is 0.149 e. The summed E-state index contributed by atoms with van der Waals surface area (Å²) in [7, 11) is 0. The second-order valence-electron chi connectivity index (χ2n) is 12.6. The Balaban J connectivity index is 1.54. The highest BCUT2D eigenvalue weighted by Gasteiger charge is 2.26. The second-order valence-corrected chi connectivity index (χ2v) is 12.6. The van der Waals surface area contributed by atoms with Crippen LogP contribution >= 0.6 is 0 Å². The number of halogens is 1. The van der Waals surface area contributed by atoms with Crippen molar-refractivity contribution >= 4 is 33.0 Å². The van der Waals surface area contributed by atoms with Crippen molar-refractivity contribution in [3.63, 3.8) is 0 Å². The third kappa shape index (κ3) is 4.53. The van der Waals surface area contributed by atoms with Crippen molar-refractivity contribution in [2.75, 3.05) is 0 Å². The number of para-hydroxylation sites is 3. The fraction of sp³-hybridized carbons (Fsp3) is 0.0976. The number of aromatic nitrogens is 2. The summed E-state index contributed by atoms with van der Waals surface area (Å²) in [6.45, 7) is 6.78. The van der Waals surface area contributed by atoms with Gasteiger partial charge in [0, 0.05) is 28.0 Å². The number of rotatable bonds is 4. The SMILES string of the molecule is CC(C)(C)c1cc(-c2ccccc2)c(-n2c(-c3cccc4c3oc3cc(F)ccc34)nc3ccccc32)c(-c2ccccc2)c1. The summed E-state index contributed by atoms with van der Waals surface area (Å²) in [5.41, 5.74) is 10.6. The lowest BCUT2D eigenvalue weighted by atomic mass is 9.82. The summed E-state index contributed by atoms with van der Waals surface area (Å²) >= 11 is 0. The van der Waals surface area contributed by atoms with Gasteiger partial charge in [-0.15, -0.1) is 0 Å². The van der Waals surface area contributed by atoms with E-state index in [2.05, 4.69) is 116 Å². The van der Waals surface area contributed by atoms with Gasteiger partial charge in [-0.1, -0.05) is 106 Å². The van der Waals surface area contributed by atoms with Crippen molar-refractivity contribution in [1.29, 1.82) is 0 Å². The monoisotopic (exact) mass is 586 g/mol. The molecule has 6 aromatic carbocycles. The molecule has 0 amide bonds. The lowest BCUT2D eigenvalue weighted by Crippen LogP contribution is -2.13. The van der Waals surface area contributed by atoms with Crippen molar-refractivity contribution < 1.29 is 8.81 Å². The van der Waals surface area contributed by atoms with Crippen LogP contribution in [-0.4, -0.2) is 9.55 Å². The minimum Gasteiger partial charge on any atom is -0.455 e. The van der Waals surface area contributed by atoms with E-state index >= 15 is 0 Å². The predicted molar refractivity (Wildman–Crippen MR) is 183 cm³/mol. The zero-order valence-corrected chi connectivity index (χ0v) is 25.4. The summed E-state index contributed by atoms with van der Waals surface area (Å²) in [4.78, 5) is 5.27. The average molecular weight is 587 g/mol. The zero-order chi connectivity index (χ0) is 30.7. The van der Waals surface area contributed by atoms with E-state index in [4.69, 9.17) is 9.40 Å². The van der Waals surface area contributed by atoms with Crippen molar-refractivity contribution in [3.8, 4) is 39.3 Å². The van der Waals surface area contributed by atoms with E-state index in [0.717, 1.165) is 61.1 Å². The number of hydrogen-bond donors (Lipinski definition) is 0. The number of imidazole rings is 1.